The Bertz CT molecular complexity index is 869. The van der Waals surface area contributed by atoms with Gasteiger partial charge in [-0.1, -0.05) is 18.1 Å². The van der Waals surface area contributed by atoms with Crippen molar-refractivity contribution in [2.45, 2.75) is 50.6 Å². The summed E-state index contributed by atoms with van der Waals surface area (Å²) in [5.74, 6) is 3.42. The fraction of sp³-hybridized carbons (Fsp3) is 0.625. The molecule has 4 heterocycles. The number of amides is 1. The summed E-state index contributed by atoms with van der Waals surface area (Å²) in [4.78, 5) is 18.0. The third-order valence-electron chi connectivity index (χ3n) is 7.68. The van der Waals surface area contributed by atoms with Crippen molar-refractivity contribution < 1.29 is 19.0 Å². The van der Waals surface area contributed by atoms with Crippen LogP contribution in [-0.2, 0) is 4.79 Å². The molecule has 30 heavy (non-hydrogen) atoms. The lowest BCUT2D eigenvalue weighted by Gasteiger charge is -2.54. The van der Waals surface area contributed by atoms with Crippen LogP contribution in [0.1, 0.15) is 38.5 Å². The van der Waals surface area contributed by atoms with Crippen molar-refractivity contribution in [3.8, 4) is 17.2 Å². The number of carbonyl (C=O) groups excluding carboxylic acids is 1. The Labute approximate surface area is 177 Å². The van der Waals surface area contributed by atoms with Crippen LogP contribution in [0.3, 0.4) is 0 Å². The van der Waals surface area contributed by atoms with Crippen LogP contribution in [-0.4, -0.2) is 60.8 Å². The zero-order valence-corrected chi connectivity index (χ0v) is 17.4. The molecule has 3 saturated heterocycles. The highest BCUT2D eigenvalue weighted by Crippen LogP contribution is 2.45. The van der Waals surface area contributed by atoms with Gasteiger partial charge in [-0.15, -0.1) is 0 Å². The first-order chi connectivity index (χ1) is 14.8. The van der Waals surface area contributed by atoms with Crippen LogP contribution in [0, 0.1) is 11.8 Å². The fourth-order valence-corrected chi connectivity index (χ4v) is 6.45. The molecule has 0 spiro atoms. The number of hydrogen-bond acceptors (Lipinski definition) is 5. The quantitative estimate of drug-likeness (QED) is 0.717. The van der Waals surface area contributed by atoms with E-state index in [4.69, 9.17) is 14.2 Å². The number of likely N-dealkylation sites (tertiary alicyclic amines) is 1. The minimum absolute atomic E-state index is 0.0753. The molecule has 1 aromatic carbocycles. The van der Waals surface area contributed by atoms with Crippen molar-refractivity contribution in [1.29, 1.82) is 0 Å². The summed E-state index contributed by atoms with van der Waals surface area (Å²) in [5.41, 5.74) is 1.52. The van der Waals surface area contributed by atoms with Crippen LogP contribution in [0.25, 0.3) is 0 Å². The van der Waals surface area contributed by atoms with E-state index >= 15 is 0 Å². The van der Waals surface area contributed by atoms with Crippen molar-refractivity contribution in [2.24, 2.45) is 11.8 Å². The molecular weight excluding hydrogens is 380 g/mol. The number of benzene rings is 1. The first-order valence-electron chi connectivity index (χ1n) is 11.5. The predicted octanol–water partition coefficient (Wildman–Crippen LogP) is 3.22. The van der Waals surface area contributed by atoms with Crippen LogP contribution in [0.4, 0.5) is 0 Å². The lowest BCUT2D eigenvalue weighted by molar-refractivity contribution is -0.138. The summed E-state index contributed by atoms with van der Waals surface area (Å²) < 4.78 is 16.6. The molecule has 0 N–H and O–H groups in total. The second-order valence-corrected chi connectivity index (χ2v) is 9.40. The van der Waals surface area contributed by atoms with Crippen molar-refractivity contribution in [2.75, 3.05) is 33.0 Å². The van der Waals surface area contributed by atoms with Crippen molar-refractivity contribution in [3.05, 3.63) is 29.8 Å². The van der Waals surface area contributed by atoms with Gasteiger partial charge < -0.3 is 19.1 Å². The number of nitrogens with zero attached hydrogens (tertiary/aromatic N) is 2. The lowest BCUT2D eigenvalue weighted by Crippen LogP contribution is -2.60. The van der Waals surface area contributed by atoms with Gasteiger partial charge in [-0.05, 0) is 62.6 Å². The first kappa shape index (κ1) is 18.6. The summed E-state index contributed by atoms with van der Waals surface area (Å²) in [6, 6.07) is 6.49. The number of piperidine rings is 3. The summed E-state index contributed by atoms with van der Waals surface area (Å²) in [5, 5.41) is 0. The largest absolute Gasteiger partial charge is 0.484 e. The molecule has 1 aliphatic carbocycles. The number of hydrogen-bond donors (Lipinski definition) is 0. The number of rotatable bonds is 3. The van der Waals surface area contributed by atoms with Gasteiger partial charge in [-0.3, -0.25) is 9.69 Å². The average Bonchev–Trinajstić information content (AvgIpc) is 3.25. The van der Waals surface area contributed by atoms with Gasteiger partial charge in [0.05, 0.1) is 6.04 Å². The van der Waals surface area contributed by atoms with E-state index in [0.29, 0.717) is 23.3 Å². The topological polar surface area (TPSA) is 51.2 Å². The van der Waals surface area contributed by atoms with E-state index < -0.39 is 0 Å². The van der Waals surface area contributed by atoms with Crippen molar-refractivity contribution >= 4 is 5.91 Å². The molecule has 0 unspecified atom stereocenters. The summed E-state index contributed by atoms with van der Waals surface area (Å²) in [6.07, 6.45) is 10.0. The molecule has 6 heteroatoms. The molecular formula is C24H30N2O4. The molecule has 6 rings (SSSR count). The predicted molar refractivity (Wildman–Crippen MR) is 112 cm³/mol. The molecule has 2 bridgehead atoms. The van der Waals surface area contributed by atoms with Gasteiger partial charge in [-0.25, -0.2) is 0 Å². The molecule has 5 aliphatic rings. The highest BCUT2D eigenvalue weighted by Gasteiger charge is 2.46. The molecule has 0 saturated carbocycles. The summed E-state index contributed by atoms with van der Waals surface area (Å²) in [7, 11) is 0. The van der Waals surface area contributed by atoms with Gasteiger partial charge in [0.1, 0.15) is 5.75 Å². The van der Waals surface area contributed by atoms with Crippen LogP contribution < -0.4 is 14.2 Å². The van der Waals surface area contributed by atoms with E-state index in [9.17, 15) is 4.79 Å². The number of carbonyl (C=O) groups is 1. The van der Waals surface area contributed by atoms with Gasteiger partial charge >= 0.3 is 0 Å². The zero-order valence-electron chi connectivity index (χ0n) is 17.4. The molecule has 0 aromatic heterocycles. The van der Waals surface area contributed by atoms with Crippen LogP contribution in [0.5, 0.6) is 17.2 Å². The minimum Gasteiger partial charge on any atom is -0.484 e. The second-order valence-electron chi connectivity index (χ2n) is 9.40. The van der Waals surface area contributed by atoms with E-state index in [1.54, 1.807) is 6.07 Å². The molecule has 4 atom stereocenters. The van der Waals surface area contributed by atoms with Crippen LogP contribution in [0.15, 0.2) is 29.8 Å². The Balaban J connectivity index is 1.17. The summed E-state index contributed by atoms with van der Waals surface area (Å²) >= 11 is 0. The molecule has 0 radical (unpaired) electrons. The minimum atomic E-state index is 0.0753. The van der Waals surface area contributed by atoms with Gasteiger partial charge in [0.2, 0.25) is 6.79 Å². The molecule has 6 nitrogen and oxygen atoms in total. The van der Waals surface area contributed by atoms with E-state index in [-0.39, 0.29) is 25.3 Å². The van der Waals surface area contributed by atoms with Crippen molar-refractivity contribution in [1.82, 2.24) is 9.80 Å². The Hall–Kier alpha value is -2.21. The first-order valence-corrected chi connectivity index (χ1v) is 11.5. The normalized spacial score (nSPS) is 32.1. The molecule has 160 valence electrons. The maximum Gasteiger partial charge on any atom is 0.261 e. The van der Waals surface area contributed by atoms with Crippen molar-refractivity contribution in [3.63, 3.8) is 0 Å². The van der Waals surface area contributed by atoms with Gasteiger partial charge in [0, 0.05) is 25.2 Å². The molecule has 3 fully saturated rings. The Morgan fingerprint density at radius 3 is 3.03 bits per heavy atom. The third kappa shape index (κ3) is 3.16. The standard InChI is InChI=1S/C24H30N2O4/c27-23(14-28-19-6-7-21-22(12-19)30-15-29-21)26-9-3-4-16-10-17-11-18(24(16)26)13-25-8-2-1-5-20(17)25/h6-7,10,12,17-18,20,24H,1-5,8-9,11,13-15H2/t17-,18-,20+,24+/m0/s1. The highest BCUT2D eigenvalue weighted by atomic mass is 16.7. The monoisotopic (exact) mass is 410 g/mol. The van der Waals surface area contributed by atoms with E-state index in [2.05, 4.69) is 15.9 Å². The zero-order chi connectivity index (χ0) is 20.1. The maximum atomic E-state index is 13.2. The molecule has 1 amide bonds. The van der Waals surface area contributed by atoms with Gasteiger partial charge in [-0.2, -0.15) is 0 Å². The van der Waals surface area contributed by atoms with Crippen LogP contribution in [0.2, 0.25) is 0 Å². The third-order valence-corrected chi connectivity index (χ3v) is 7.68. The number of fused-ring (bicyclic) bond motifs is 7. The SMILES string of the molecule is O=C(COc1ccc2c(c1)OCO2)N1CCCC2=C[C@H]3C[C@@H](CN4CCCC[C@H]34)[C@@H]21. The van der Waals surface area contributed by atoms with Gasteiger partial charge in [0.15, 0.2) is 18.1 Å². The number of ether oxygens (including phenoxy) is 3. The smallest absolute Gasteiger partial charge is 0.261 e. The molecule has 4 aliphatic heterocycles. The maximum absolute atomic E-state index is 13.2. The Kier molecular flexibility index (Phi) is 4.63. The Morgan fingerprint density at radius 1 is 1.13 bits per heavy atom. The van der Waals surface area contributed by atoms with E-state index in [1.165, 1.54) is 37.8 Å². The summed E-state index contributed by atoms with van der Waals surface area (Å²) in [6.45, 7) is 3.54. The van der Waals surface area contributed by atoms with E-state index in [0.717, 1.165) is 37.7 Å². The second kappa shape index (κ2) is 7.49. The lowest BCUT2D eigenvalue weighted by atomic mass is 9.68. The van der Waals surface area contributed by atoms with Crippen LogP contribution >= 0.6 is 0 Å². The van der Waals surface area contributed by atoms with E-state index in [1.807, 2.05) is 12.1 Å². The highest BCUT2D eigenvalue weighted by molar-refractivity contribution is 5.79. The van der Waals surface area contributed by atoms with Gasteiger partial charge in [0.25, 0.3) is 5.91 Å². The average molecular weight is 411 g/mol. The molecule has 1 aromatic rings. The Morgan fingerprint density at radius 2 is 2.07 bits per heavy atom. The fourth-order valence-electron chi connectivity index (χ4n) is 6.45.